The predicted octanol–water partition coefficient (Wildman–Crippen LogP) is 2.96. The molecule has 0 aromatic carbocycles. The van der Waals surface area contributed by atoms with E-state index in [0.717, 1.165) is 49.5 Å². The summed E-state index contributed by atoms with van der Waals surface area (Å²) in [6.45, 7) is 8.73. The molecule has 4 nitrogen and oxygen atoms in total. The summed E-state index contributed by atoms with van der Waals surface area (Å²) in [7, 11) is 0. The SMILES string of the molecule is CCCNC1CCCC1CCn1nc(CC)nc1CC. The molecule has 0 bridgehead atoms. The number of hydrogen-bond acceptors (Lipinski definition) is 3. The molecule has 1 aromatic rings. The lowest BCUT2D eigenvalue weighted by atomic mass is 9.99. The van der Waals surface area contributed by atoms with E-state index in [9.17, 15) is 0 Å². The quantitative estimate of drug-likeness (QED) is 0.795. The van der Waals surface area contributed by atoms with Crippen LogP contribution in [0.1, 0.15) is 64.5 Å². The average Bonchev–Trinajstić information content (AvgIpc) is 3.08. The Kier molecular flexibility index (Phi) is 6.02. The van der Waals surface area contributed by atoms with E-state index >= 15 is 0 Å². The summed E-state index contributed by atoms with van der Waals surface area (Å²) in [5.74, 6) is 2.97. The summed E-state index contributed by atoms with van der Waals surface area (Å²) in [5.41, 5.74) is 0. The first kappa shape index (κ1) is 15.5. The summed E-state index contributed by atoms with van der Waals surface area (Å²) >= 11 is 0. The molecule has 2 unspecified atom stereocenters. The fourth-order valence-corrected chi connectivity index (χ4v) is 3.29. The lowest BCUT2D eigenvalue weighted by Gasteiger charge is -2.21. The van der Waals surface area contributed by atoms with E-state index in [1.165, 1.54) is 32.1 Å². The molecule has 1 heterocycles. The number of hydrogen-bond donors (Lipinski definition) is 1. The van der Waals surface area contributed by atoms with Crippen LogP contribution in [0.3, 0.4) is 0 Å². The third kappa shape index (κ3) is 3.81. The Balaban J connectivity index is 1.89. The molecule has 2 atom stereocenters. The van der Waals surface area contributed by atoms with Crippen LogP contribution in [0.2, 0.25) is 0 Å². The van der Waals surface area contributed by atoms with Gasteiger partial charge in [0, 0.05) is 25.4 Å². The smallest absolute Gasteiger partial charge is 0.150 e. The van der Waals surface area contributed by atoms with Gasteiger partial charge in [-0.3, -0.25) is 0 Å². The van der Waals surface area contributed by atoms with Crippen LogP contribution in [0, 0.1) is 5.92 Å². The van der Waals surface area contributed by atoms with Gasteiger partial charge in [-0.05, 0) is 38.1 Å². The minimum absolute atomic E-state index is 0.731. The van der Waals surface area contributed by atoms with Gasteiger partial charge >= 0.3 is 0 Å². The fourth-order valence-electron chi connectivity index (χ4n) is 3.29. The molecule has 0 amide bonds. The number of aromatic nitrogens is 3. The second-order valence-corrected chi connectivity index (χ2v) is 5.91. The van der Waals surface area contributed by atoms with Crippen molar-refractivity contribution in [1.29, 1.82) is 0 Å². The van der Waals surface area contributed by atoms with Crippen LogP contribution >= 0.6 is 0 Å². The Morgan fingerprint density at radius 1 is 1.20 bits per heavy atom. The molecular formula is C16H30N4. The van der Waals surface area contributed by atoms with Crippen LogP contribution in [0.15, 0.2) is 0 Å². The summed E-state index contributed by atoms with van der Waals surface area (Å²) in [6.07, 6.45) is 8.48. The molecule has 1 aliphatic rings. The van der Waals surface area contributed by atoms with E-state index < -0.39 is 0 Å². The minimum Gasteiger partial charge on any atom is -0.314 e. The number of rotatable bonds is 8. The first-order valence-electron chi connectivity index (χ1n) is 8.44. The van der Waals surface area contributed by atoms with Gasteiger partial charge < -0.3 is 5.32 Å². The van der Waals surface area contributed by atoms with Crippen molar-refractivity contribution in [3.63, 3.8) is 0 Å². The minimum atomic E-state index is 0.731. The maximum atomic E-state index is 4.63. The van der Waals surface area contributed by atoms with Crippen molar-refractivity contribution in [2.24, 2.45) is 5.92 Å². The van der Waals surface area contributed by atoms with Crippen molar-refractivity contribution in [3.8, 4) is 0 Å². The van der Waals surface area contributed by atoms with Crippen molar-refractivity contribution in [2.75, 3.05) is 6.54 Å². The van der Waals surface area contributed by atoms with Gasteiger partial charge in [-0.1, -0.05) is 27.2 Å². The molecule has 1 N–H and O–H groups in total. The summed E-state index contributed by atoms with van der Waals surface area (Å²) in [6, 6.07) is 0.731. The van der Waals surface area contributed by atoms with Crippen LogP contribution < -0.4 is 5.32 Å². The highest BCUT2D eigenvalue weighted by molar-refractivity contribution is 4.93. The fraction of sp³-hybridized carbons (Fsp3) is 0.875. The molecule has 4 heteroatoms. The highest BCUT2D eigenvalue weighted by Gasteiger charge is 2.26. The number of aryl methyl sites for hydroxylation is 3. The van der Waals surface area contributed by atoms with Crippen LogP contribution in [-0.2, 0) is 19.4 Å². The number of nitrogens with zero attached hydrogens (tertiary/aromatic N) is 3. The second kappa shape index (κ2) is 7.77. The van der Waals surface area contributed by atoms with E-state index in [2.05, 4.69) is 40.9 Å². The third-order valence-electron chi connectivity index (χ3n) is 4.45. The Hall–Kier alpha value is -0.900. The van der Waals surface area contributed by atoms with Gasteiger partial charge in [0.15, 0.2) is 5.82 Å². The zero-order valence-electron chi connectivity index (χ0n) is 13.4. The zero-order valence-corrected chi connectivity index (χ0v) is 13.4. The first-order valence-corrected chi connectivity index (χ1v) is 8.44. The molecule has 1 aliphatic carbocycles. The van der Waals surface area contributed by atoms with Gasteiger partial charge in [0.1, 0.15) is 5.82 Å². The molecule has 20 heavy (non-hydrogen) atoms. The topological polar surface area (TPSA) is 42.7 Å². The zero-order chi connectivity index (χ0) is 14.4. The Labute approximate surface area is 123 Å². The maximum Gasteiger partial charge on any atom is 0.150 e. The molecular weight excluding hydrogens is 248 g/mol. The lowest BCUT2D eigenvalue weighted by Crippen LogP contribution is -2.33. The van der Waals surface area contributed by atoms with E-state index in [0.29, 0.717) is 0 Å². The number of nitrogens with one attached hydrogen (secondary N) is 1. The van der Waals surface area contributed by atoms with Crippen LogP contribution in [0.25, 0.3) is 0 Å². The maximum absolute atomic E-state index is 4.63. The molecule has 114 valence electrons. The molecule has 1 aromatic heterocycles. The largest absolute Gasteiger partial charge is 0.314 e. The molecule has 1 saturated carbocycles. The highest BCUT2D eigenvalue weighted by atomic mass is 15.3. The summed E-state index contributed by atoms with van der Waals surface area (Å²) < 4.78 is 2.15. The van der Waals surface area contributed by atoms with Gasteiger partial charge in [0.05, 0.1) is 0 Å². The van der Waals surface area contributed by atoms with Crippen molar-refractivity contribution in [2.45, 2.75) is 78.3 Å². The summed E-state index contributed by atoms with van der Waals surface area (Å²) in [4.78, 5) is 4.60. The van der Waals surface area contributed by atoms with E-state index in [4.69, 9.17) is 0 Å². The van der Waals surface area contributed by atoms with E-state index in [-0.39, 0.29) is 0 Å². The average molecular weight is 278 g/mol. The monoisotopic (exact) mass is 278 g/mol. The van der Waals surface area contributed by atoms with Gasteiger partial charge in [0.25, 0.3) is 0 Å². The summed E-state index contributed by atoms with van der Waals surface area (Å²) in [5, 5.41) is 8.35. The first-order chi connectivity index (χ1) is 9.78. The van der Waals surface area contributed by atoms with E-state index in [1.54, 1.807) is 0 Å². The molecule has 2 rings (SSSR count). The van der Waals surface area contributed by atoms with Crippen molar-refractivity contribution < 1.29 is 0 Å². The normalized spacial score (nSPS) is 22.6. The lowest BCUT2D eigenvalue weighted by molar-refractivity contribution is 0.351. The Bertz CT molecular complexity index is 399. The Morgan fingerprint density at radius 2 is 2.05 bits per heavy atom. The van der Waals surface area contributed by atoms with Crippen molar-refractivity contribution in [3.05, 3.63) is 11.6 Å². The molecule has 0 radical (unpaired) electrons. The molecule has 1 fully saturated rings. The van der Waals surface area contributed by atoms with Crippen LogP contribution in [-0.4, -0.2) is 27.4 Å². The molecule has 0 spiro atoms. The van der Waals surface area contributed by atoms with Crippen LogP contribution in [0.4, 0.5) is 0 Å². The van der Waals surface area contributed by atoms with Gasteiger partial charge in [-0.15, -0.1) is 0 Å². The van der Waals surface area contributed by atoms with Gasteiger partial charge in [0.2, 0.25) is 0 Å². The van der Waals surface area contributed by atoms with Gasteiger partial charge in [-0.2, -0.15) is 5.10 Å². The second-order valence-electron chi connectivity index (χ2n) is 5.91. The Morgan fingerprint density at radius 3 is 2.75 bits per heavy atom. The van der Waals surface area contributed by atoms with Crippen molar-refractivity contribution >= 4 is 0 Å². The van der Waals surface area contributed by atoms with E-state index in [1.807, 2.05) is 0 Å². The third-order valence-corrected chi connectivity index (χ3v) is 4.45. The van der Waals surface area contributed by atoms with Gasteiger partial charge in [-0.25, -0.2) is 9.67 Å². The molecule has 0 aliphatic heterocycles. The van der Waals surface area contributed by atoms with Crippen molar-refractivity contribution in [1.82, 2.24) is 20.1 Å². The predicted molar refractivity (Wildman–Crippen MR) is 82.8 cm³/mol. The van der Waals surface area contributed by atoms with Crippen LogP contribution in [0.5, 0.6) is 0 Å². The standard InChI is InChI=1S/C16H30N4/c1-4-11-17-14-9-7-8-13(14)10-12-20-16(6-3)18-15(5-2)19-20/h13-14,17H,4-12H2,1-3H3. The molecule has 0 saturated heterocycles. The highest BCUT2D eigenvalue weighted by Crippen LogP contribution is 2.29.